The van der Waals surface area contributed by atoms with Gasteiger partial charge in [-0.3, -0.25) is 4.68 Å². The largest absolute Gasteiger partial charge is 0.310 e. The fraction of sp³-hybridized carbons (Fsp3) is 0.500. The summed E-state index contributed by atoms with van der Waals surface area (Å²) in [4.78, 5) is 4.27. The molecule has 2 aromatic rings. The third-order valence-electron chi connectivity index (χ3n) is 2.75. The molecular weight excluding hydrogens is 232 g/mol. The number of nitrogens with zero attached hydrogens (tertiary/aromatic N) is 3. The Kier molecular flexibility index (Phi) is 4.28. The number of nitrogens with one attached hydrogen (secondary N) is 1. The Bertz CT molecular complexity index is 435. The fourth-order valence-corrected chi connectivity index (χ4v) is 2.29. The molecule has 0 saturated carbocycles. The lowest BCUT2D eigenvalue weighted by atomic mass is 10.2. The summed E-state index contributed by atoms with van der Waals surface area (Å²) in [6.45, 7) is 6.13. The predicted octanol–water partition coefficient (Wildman–Crippen LogP) is 2.25. The highest BCUT2D eigenvalue weighted by molar-refractivity contribution is 7.09. The Labute approximate surface area is 106 Å². The first-order valence-electron chi connectivity index (χ1n) is 5.93. The van der Waals surface area contributed by atoms with Gasteiger partial charge in [0.2, 0.25) is 0 Å². The summed E-state index contributed by atoms with van der Waals surface area (Å²) >= 11 is 1.71. The number of aryl methyl sites for hydroxylation is 1. The molecule has 5 heteroatoms. The van der Waals surface area contributed by atoms with Crippen LogP contribution in [0, 0.1) is 0 Å². The van der Waals surface area contributed by atoms with Crippen LogP contribution in [-0.4, -0.2) is 21.3 Å². The van der Waals surface area contributed by atoms with Crippen LogP contribution in [0.15, 0.2) is 24.0 Å². The molecule has 0 bridgehead atoms. The summed E-state index contributed by atoms with van der Waals surface area (Å²) in [6, 6.07) is 0.343. The van der Waals surface area contributed by atoms with Crippen LogP contribution >= 0.6 is 11.3 Å². The molecule has 0 aliphatic carbocycles. The Morgan fingerprint density at radius 3 is 3.06 bits per heavy atom. The van der Waals surface area contributed by atoms with Gasteiger partial charge in [0.05, 0.1) is 11.2 Å². The minimum absolute atomic E-state index is 0.343. The van der Waals surface area contributed by atoms with Crippen molar-refractivity contribution in [3.05, 3.63) is 34.5 Å². The second-order valence-electron chi connectivity index (χ2n) is 3.98. The molecule has 92 valence electrons. The SMILES string of the molecule is CCn1cc(C(C)NCCc2nccs2)cn1. The van der Waals surface area contributed by atoms with Gasteiger partial charge in [0.25, 0.3) is 0 Å². The van der Waals surface area contributed by atoms with Crippen molar-refractivity contribution in [1.82, 2.24) is 20.1 Å². The molecule has 1 atom stereocenters. The predicted molar refractivity (Wildman–Crippen MR) is 70.1 cm³/mol. The second-order valence-corrected chi connectivity index (χ2v) is 4.96. The minimum Gasteiger partial charge on any atom is -0.310 e. The van der Waals surface area contributed by atoms with Crippen LogP contribution in [0.2, 0.25) is 0 Å². The lowest BCUT2D eigenvalue weighted by Gasteiger charge is -2.10. The first-order chi connectivity index (χ1) is 8.29. The van der Waals surface area contributed by atoms with Crippen LogP contribution < -0.4 is 5.32 Å². The van der Waals surface area contributed by atoms with Crippen molar-refractivity contribution in [2.24, 2.45) is 0 Å². The third-order valence-corrected chi connectivity index (χ3v) is 3.59. The maximum atomic E-state index is 4.28. The van der Waals surface area contributed by atoms with Crippen molar-refractivity contribution in [3.8, 4) is 0 Å². The van der Waals surface area contributed by atoms with Gasteiger partial charge in [0.1, 0.15) is 0 Å². The van der Waals surface area contributed by atoms with Crippen molar-refractivity contribution in [3.63, 3.8) is 0 Å². The Morgan fingerprint density at radius 1 is 1.53 bits per heavy atom. The number of thiazole rings is 1. The molecule has 0 saturated heterocycles. The van der Waals surface area contributed by atoms with Gasteiger partial charge in [0, 0.05) is 48.9 Å². The Morgan fingerprint density at radius 2 is 2.41 bits per heavy atom. The van der Waals surface area contributed by atoms with Crippen LogP contribution in [-0.2, 0) is 13.0 Å². The van der Waals surface area contributed by atoms with Crippen molar-refractivity contribution in [2.45, 2.75) is 32.9 Å². The number of hydrogen-bond acceptors (Lipinski definition) is 4. The highest BCUT2D eigenvalue weighted by atomic mass is 32.1. The lowest BCUT2D eigenvalue weighted by Crippen LogP contribution is -2.21. The standard InChI is InChI=1S/C12H18N4S/c1-3-16-9-11(8-15-16)10(2)13-5-4-12-14-6-7-17-12/h6-10,13H,3-5H2,1-2H3. The van der Waals surface area contributed by atoms with Crippen molar-refractivity contribution >= 4 is 11.3 Å². The van der Waals surface area contributed by atoms with Gasteiger partial charge in [-0.2, -0.15) is 5.10 Å². The summed E-state index contributed by atoms with van der Waals surface area (Å²) in [5.41, 5.74) is 1.24. The molecule has 1 unspecified atom stereocenters. The molecule has 0 fully saturated rings. The van der Waals surface area contributed by atoms with E-state index in [4.69, 9.17) is 0 Å². The molecule has 17 heavy (non-hydrogen) atoms. The highest BCUT2D eigenvalue weighted by Gasteiger charge is 2.07. The second kappa shape index (κ2) is 5.93. The quantitative estimate of drug-likeness (QED) is 0.855. The van der Waals surface area contributed by atoms with E-state index in [0.29, 0.717) is 6.04 Å². The van der Waals surface area contributed by atoms with E-state index < -0.39 is 0 Å². The van der Waals surface area contributed by atoms with Crippen LogP contribution in [0.1, 0.15) is 30.5 Å². The van der Waals surface area contributed by atoms with E-state index in [1.807, 2.05) is 22.5 Å². The average Bonchev–Trinajstić information content (AvgIpc) is 2.99. The average molecular weight is 250 g/mol. The summed E-state index contributed by atoms with van der Waals surface area (Å²) in [6.07, 6.45) is 6.88. The van der Waals surface area contributed by atoms with Gasteiger partial charge in [-0.05, 0) is 13.8 Å². The smallest absolute Gasteiger partial charge is 0.0937 e. The molecule has 0 amide bonds. The van der Waals surface area contributed by atoms with E-state index in [1.54, 1.807) is 11.3 Å². The van der Waals surface area contributed by atoms with E-state index in [0.717, 1.165) is 19.5 Å². The molecule has 2 heterocycles. The van der Waals surface area contributed by atoms with E-state index in [2.05, 4.69) is 35.4 Å². The summed E-state index contributed by atoms with van der Waals surface area (Å²) in [7, 11) is 0. The van der Waals surface area contributed by atoms with Gasteiger partial charge in [-0.15, -0.1) is 11.3 Å². The molecule has 0 radical (unpaired) electrons. The first-order valence-corrected chi connectivity index (χ1v) is 6.81. The van der Waals surface area contributed by atoms with E-state index >= 15 is 0 Å². The van der Waals surface area contributed by atoms with Crippen LogP contribution in [0.5, 0.6) is 0 Å². The summed E-state index contributed by atoms with van der Waals surface area (Å²) in [5, 5.41) is 11.0. The Hall–Kier alpha value is -1.20. The van der Waals surface area contributed by atoms with Crippen molar-refractivity contribution < 1.29 is 0 Å². The van der Waals surface area contributed by atoms with Gasteiger partial charge < -0.3 is 5.32 Å². The summed E-state index contributed by atoms with van der Waals surface area (Å²) in [5.74, 6) is 0. The van der Waals surface area contributed by atoms with Gasteiger partial charge in [-0.1, -0.05) is 0 Å². The van der Waals surface area contributed by atoms with E-state index in [9.17, 15) is 0 Å². The van der Waals surface area contributed by atoms with Crippen molar-refractivity contribution in [2.75, 3.05) is 6.54 Å². The van der Waals surface area contributed by atoms with Gasteiger partial charge in [0.15, 0.2) is 0 Å². The zero-order valence-corrected chi connectivity index (χ0v) is 11.1. The van der Waals surface area contributed by atoms with Crippen LogP contribution in [0.3, 0.4) is 0 Å². The number of aromatic nitrogens is 3. The topological polar surface area (TPSA) is 42.7 Å². The maximum absolute atomic E-state index is 4.28. The van der Waals surface area contributed by atoms with Crippen molar-refractivity contribution in [1.29, 1.82) is 0 Å². The van der Waals surface area contributed by atoms with E-state index in [-0.39, 0.29) is 0 Å². The maximum Gasteiger partial charge on any atom is 0.0937 e. The van der Waals surface area contributed by atoms with Gasteiger partial charge in [-0.25, -0.2) is 4.98 Å². The third kappa shape index (κ3) is 3.38. The molecule has 0 aliphatic rings. The highest BCUT2D eigenvalue weighted by Crippen LogP contribution is 2.11. The fourth-order valence-electron chi connectivity index (χ4n) is 1.67. The molecule has 2 rings (SSSR count). The van der Waals surface area contributed by atoms with E-state index in [1.165, 1.54) is 10.6 Å². The number of rotatable bonds is 6. The van der Waals surface area contributed by atoms with Gasteiger partial charge >= 0.3 is 0 Å². The monoisotopic (exact) mass is 250 g/mol. The summed E-state index contributed by atoms with van der Waals surface area (Å²) < 4.78 is 1.95. The molecule has 1 N–H and O–H groups in total. The zero-order chi connectivity index (χ0) is 12.1. The Balaban J connectivity index is 1.78. The number of hydrogen-bond donors (Lipinski definition) is 1. The minimum atomic E-state index is 0.343. The normalized spacial score (nSPS) is 12.8. The lowest BCUT2D eigenvalue weighted by molar-refractivity contribution is 0.574. The molecular formula is C12H18N4S. The molecule has 2 aromatic heterocycles. The zero-order valence-electron chi connectivity index (χ0n) is 10.3. The van der Waals surface area contributed by atoms with Crippen LogP contribution in [0.4, 0.5) is 0 Å². The van der Waals surface area contributed by atoms with Crippen LogP contribution in [0.25, 0.3) is 0 Å². The molecule has 0 aromatic carbocycles. The first kappa shape index (κ1) is 12.3. The molecule has 0 aliphatic heterocycles. The molecule has 0 spiro atoms. The molecule has 4 nitrogen and oxygen atoms in total.